The van der Waals surface area contributed by atoms with Gasteiger partial charge in [-0.15, -0.1) is 11.3 Å². The number of fused-ring (bicyclic) bond motifs is 3. The lowest BCUT2D eigenvalue weighted by Gasteiger charge is -2.51. The number of carbonyl (C=O) groups is 1. The van der Waals surface area contributed by atoms with Crippen molar-refractivity contribution in [1.82, 2.24) is 4.98 Å². The van der Waals surface area contributed by atoms with Crippen molar-refractivity contribution in [1.29, 1.82) is 0 Å². The molecule has 2 atom stereocenters. The van der Waals surface area contributed by atoms with Crippen molar-refractivity contribution >= 4 is 23.0 Å². The smallest absolute Gasteiger partial charge is 0.333 e. The van der Waals surface area contributed by atoms with Crippen LogP contribution >= 0.6 is 11.3 Å². The number of piperidine rings is 3. The molecule has 3 saturated heterocycles. The first-order valence-electron chi connectivity index (χ1n) is 12.6. The predicted octanol–water partition coefficient (Wildman–Crippen LogP) is 5.91. The van der Waals surface area contributed by atoms with Gasteiger partial charge in [-0.05, 0) is 29.1 Å². The molecule has 2 aromatic carbocycles. The molecule has 7 rings (SSSR count). The van der Waals surface area contributed by atoms with Crippen LogP contribution in [-0.2, 0) is 16.1 Å². The molecule has 1 N–H and O–H groups in total. The van der Waals surface area contributed by atoms with E-state index in [9.17, 15) is 4.79 Å². The molecule has 6 nitrogen and oxygen atoms in total. The average molecular weight is 501 g/mol. The Morgan fingerprint density at radius 1 is 1.06 bits per heavy atom. The van der Waals surface area contributed by atoms with E-state index < -0.39 is 6.04 Å². The number of ether oxygens (including phenoxy) is 1. The molecule has 7 heteroatoms. The number of nitrogens with zero attached hydrogens (tertiary/aromatic N) is 2. The molecule has 2 bridgehead atoms. The molecule has 36 heavy (non-hydrogen) atoms. The monoisotopic (exact) mass is 500 g/mol. The highest BCUT2D eigenvalue weighted by molar-refractivity contribution is 7.13. The fourth-order valence-corrected chi connectivity index (χ4v) is 6.31. The average Bonchev–Trinajstić information content (AvgIpc) is 3.61. The first kappa shape index (κ1) is 23.0. The molecule has 0 radical (unpaired) electrons. The Hall–Kier alpha value is -3.42. The Kier molecular flexibility index (Phi) is 6.34. The maximum atomic E-state index is 13.6. The van der Waals surface area contributed by atoms with Crippen LogP contribution in [0.4, 0.5) is 5.69 Å². The van der Waals surface area contributed by atoms with Crippen LogP contribution < -0.4 is 5.32 Å². The standard InChI is InChI=1S/C29H30N3O3S/c33-29(27(22-8-3-1-4-9-22)30-23-10-5-2-6-11-23)35-25-19-32(15-13-21(25)14-16-32)18-24-20-34-28(31-24)26-12-7-17-36-26/h1-12,17,20-21,25,27,30H,13-16,18-19H2/q+1/t21?,25-,27+,32?/m0/s1. The van der Waals surface area contributed by atoms with Crippen LogP contribution in [0.5, 0.6) is 0 Å². The second-order valence-electron chi connectivity index (χ2n) is 9.92. The van der Waals surface area contributed by atoms with Crippen molar-refractivity contribution in [2.24, 2.45) is 5.92 Å². The van der Waals surface area contributed by atoms with E-state index in [4.69, 9.17) is 14.1 Å². The third-order valence-corrected chi connectivity index (χ3v) is 8.40. The topological polar surface area (TPSA) is 64.4 Å². The third kappa shape index (κ3) is 4.81. The number of hydrogen-bond donors (Lipinski definition) is 1. The second kappa shape index (κ2) is 9.91. The number of quaternary nitrogens is 1. The van der Waals surface area contributed by atoms with Crippen molar-refractivity contribution in [3.05, 3.63) is 95.7 Å². The van der Waals surface area contributed by atoms with Crippen LogP contribution in [-0.4, -0.2) is 41.2 Å². The number of nitrogens with one attached hydrogen (secondary N) is 1. The van der Waals surface area contributed by atoms with Gasteiger partial charge in [-0.3, -0.25) is 0 Å². The molecule has 3 fully saturated rings. The van der Waals surface area contributed by atoms with Crippen LogP contribution in [0.3, 0.4) is 0 Å². The largest absolute Gasteiger partial charge is 0.454 e. The molecule has 0 spiro atoms. The number of anilines is 1. The third-order valence-electron chi connectivity index (χ3n) is 7.54. The van der Waals surface area contributed by atoms with E-state index in [0.29, 0.717) is 11.8 Å². The Balaban J connectivity index is 1.17. The number of rotatable bonds is 8. The Morgan fingerprint density at radius 3 is 2.53 bits per heavy atom. The summed E-state index contributed by atoms with van der Waals surface area (Å²) in [5.41, 5.74) is 2.77. The van der Waals surface area contributed by atoms with E-state index >= 15 is 0 Å². The molecule has 5 heterocycles. The number of benzene rings is 2. The zero-order chi connectivity index (χ0) is 24.4. The molecular formula is C29H30N3O3S+. The lowest BCUT2D eigenvalue weighted by Crippen LogP contribution is -2.64. The molecule has 3 aliphatic rings. The first-order chi connectivity index (χ1) is 17.7. The molecule has 4 aromatic rings. The minimum Gasteiger partial charge on any atom is -0.454 e. The molecule has 3 aliphatic heterocycles. The summed E-state index contributed by atoms with van der Waals surface area (Å²) in [6.45, 7) is 3.80. The van der Waals surface area contributed by atoms with E-state index in [-0.39, 0.29) is 12.1 Å². The van der Waals surface area contributed by atoms with Crippen LogP contribution in [0.25, 0.3) is 10.8 Å². The number of aromatic nitrogens is 1. The van der Waals surface area contributed by atoms with Gasteiger partial charge in [0, 0.05) is 24.4 Å². The lowest BCUT2D eigenvalue weighted by molar-refractivity contribution is -0.958. The lowest BCUT2D eigenvalue weighted by atomic mass is 9.83. The highest BCUT2D eigenvalue weighted by atomic mass is 32.1. The zero-order valence-electron chi connectivity index (χ0n) is 20.1. The van der Waals surface area contributed by atoms with Crippen LogP contribution in [0.1, 0.15) is 30.1 Å². The zero-order valence-corrected chi connectivity index (χ0v) is 20.9. The number of esters is 1. The summed E-state index contributed by atoms with van der Waals surface area (Å²) >= 11 is 1.63. The van der Waals surface area contributed by atoms with Gasteiger partial charge in [0.15, 0.2) is 12.1 Å². The molecular weight excluding hydrogens is 470 g/mol. The highest BCUT2D eigenvalue weighted by Gasteiger charge is 2.48. The molecule has 0 amide bonds. The van der Waals surface area contributed by atoms with Crippen LogP contribution in [0.15, 0.2) is 88.9 Å². The van der Waals surface area contributed by atoms with E-state index in [1.807, 2.05) is 78.2 Å². The van der Waals surface area contributed by atoms with Crippen molar-refractivity contribution in [2.45, 2.75) is 31.5 Å². The highest BCUT2D eigenvalue weighted by Crippen LogP contribution is 2.38. The van der Waals surface area contributed by atoms with Gasteiger partial charge in [0.05, 0.1) is 18.0 Å². The quantitative estimate of drug-likeness (QED) is 0.241. The minimum atomic E-state index is -0.554. The summed E-state index contributed by atoms with van der Waals surface area (Å²) in [6, 6.07) is 23.1. The van der Waals surface area contributed by atoms with Gasteiger partial charge >= 0.3 is 5.97 Å². The predicted molar refractivity (Wildman–Crippen MR) is 140 cm³/mol. The van der Waals surface area contributed by atoms with Gasteiger partial charge in [-0.1, -0.05) is 54.6 Å². The Labute approximate surface area is 215 Å². The fourth-order valence-electron chi connectivity index (χ4n) is 5.66. The Bertz CT molecular complexity index is 1280. The van der Waals surface area contributed by atoms with Gasteiger partial charge in [-0.25, -0.2) is 9.78 Å². The normalized spacial score (nSPS) is 23.8. The van der Waals surface area contributed by atoms with E-state index in [1.165, 1.54) is 0 Å². The molecule has 0 aliphatic carbocycles. The van der Waals surface area contributed by atoms with Gasteiger partial charge in [-0.2, -0.15) is 0 Å². The van der Waals surface area contributed by atoms with E-state index in [1.54, 1.807) is 17.6 Å². The van der Waals surface area contributed by atoms with Crippen molar-refractivity contribution in [2.75, 3.05) is 25.0 Å². The van der Waals surface area contributed by atoms with Crippen molar-refractivity contribution in [3.63, 3.8) is 0 Å². The van der Waals surface area contributed by atoms with Crippen molar-refractivity contribution < 1.29 is 18.4 Å². The minimum absolute atomic E-state index is 0.0903. The van der Waals surface area contributed by atoms with Gasteiger partial charge in [0.2, 0.25) is 5.89 Å². The number of hydrogen-bond acceptors (Lipinski definition) is 6. The maximum absolute atomic E-state index is 13.6. The van der Waals surface area contributed by atoms with E-state index in [0.717, 1.165) is 65.3 Å². The number of thiophene rings is 1. The summed E-state index contributed by atoms with van der Waals surface area (Å²) in [5.74, 6) is 0.884. The summed E-state index contributed by atoms with van der Waals surface area (Å²) in [5, 5.41) is 5.43. The van der Waals surface area contributed by atoms with Crippen LogP contribution in [0.2, 0.25) is 0 Å². The van der Waals surface area contributed by atoms with Gasteiger partial charge in [0.25, 0.3) is 0 Å². The maximum Gasteiger partial charge on any atom is 0.333 e. The van der Waals surface area contributed by atoms with Crippen LogP contribution in [0, 0.1) is 5.92 Å². The Morgan fingerprint density at radius 2 is 1.81 bits per heavy atom. The fraction of sp³-hybridized carbons (Fsp3) is 0.310. The van der Waals surface area contributed by atoms with Gasteiger partial charge < -0.3 is 19.0 Å². The first-order valence-corrected chi connectivity index (χ1v) is 13.5. The summed E-state index contributed by atoms with van der Waals surface area (Å²) in [4.78, 5) is 19.4. The number of carbonyl (C=O) groups excluding carboxylic acids is 1. The van der Waals surface area contributed by atoms with Crippen molar-refractivity contribution in [3.8, 4) is 10.8 Å². The number of oxazole rings is 1. The number of para-hydroxylation sites is 1. The summed E-state index contributed by atoms with van der Waals surface area (Å²) in [7, 11) is 0. The van der Waals surface area contributed by atoms with Gasteiger partial charge in [0.1, 0.15) is 25.0 Å². The van der Waals surface area contributed by atoms with E-state index in [2.05, 4.69) is 5.32 Å². The molecule has 0 saturated carbocycles. The molecule has 0 unspecified atom stereocenters. The molecule has 2 aromatic heterocycles. The SMILES string of the molecule is O=C(O[C@H]1C[N+]2(Cc3coc(-c4cccs4)n3)CCC1CC2)[C@H](Nc1ccccc1)c1ccccc1. The second-order valence-corrected chi connectivity index (χ2v) is 10.9. The molecule has 184 valence electrons. The summed E-state index contributed by atoms with van der Waals surface area (Å²) in [6.07, 6.45) is 3.83. The summed E-state index contributed by atoms with van der Waals surface area (Å²) < 4.78 is 13.0.